The monoisotopic (exact) mass is 272 g/mol. The molecule has 0 aromatic heterocycles. The first-order chi connectivity index (χ1) is 7.86. The summed E-state index contributed by atoms with van der Waals surface area (Å²) in [7, 11) is -3.55. The molecule has 1 unspecified atom stereocenters. The van der Waals surface area contributed by atoms with E-state index in [2.05, 4.69) is 4.72 Å². The molecule has 1 aromatic carbocycles. The molecule has 0 aliphatic carbocycles. The van der Waals surface area contributed by atoms with Crippen molar-refractivity contribution in [2.75, 3.05) is 4.72 Å². The van der Waals surface area contributed by atoms with Crippen LogP contribution in [0.15, 0.2) is 24.3 Å². The van der Waals surface area contributed by atoms with Gasteiger partial charge in [-0.05, 0) is 25.5 Å². The molecule has 6 heteroatoms. The van der Waals surface area contributed by atoms with E-state index in [9.17, 15) is 8.42 Å². The molecule has 0 spiro atoms. The van der Waals surface area contributed by atoms with Crippen LogP contribution in [-0.2, 0) is 10.0 Å². The second-order valence-corrected chi connectivity index (χ2v) is 6.15. The van der Waals surface area contributed by atoms with E-state index < -0.39 is 15.3 Å². The van der Waals surface area contributed by atoms with Crippen LogP contribution in [0.4, 0.5) is 5.69 Å². The molecule has 0 amide bonds. The van der Waals surface area contributed by atoms with Crippen molar-refractivity contribution in [2.45, 2.75) is 25.5 Å². The predicted molar refractivity (Wildman–Crippen MR) is 74.6 cm³/mol. The molecule has 0 fully saturated rings. The van der Waals surface area contributed by atoms with E-state index in [-0.39, 0.29) is 4.99 Å². The van der Waals surface area contributed by atoms with Crippen LogP contribution < -0.4 is 10.5 Å². The number of benzene rings is 1. The van der Waals surface area contributed by atoms with Gasteiger partial charge in [0.05, 0.1) is 4.99 Å². The number of hydrogen-bond acceptors (Lipinski definition) is 3. The fraction of sp³-hybridized carbons (Fsp3) is 0.364. The predicted octanol–water partition coefficient (Wildman–Crippen LogP) is 1.80. The van der Waals surface area contributed by atoms with Crippen LogP contribution >= 0.6 is 12.2 Å². The quantitative estimate of drug-likeness (QED) is 0.802. The van der Waals surface area contributed by atoms with Gasteiger partial charge in [-0.2, -0.15) is 0 Å². The van der Waals surface area contributed by atoms with E-state index in [1.807, 2.05) is 19.1 Å². The Morgan fingerprint density at radius 3 is 2.35 bits per heavy atom. The minimum atomic E-state index is -3.55. The number of nitrogens with two attached hydrogens (primary N) is 1. The molecule has 94 valence electrons. The van der Waals surface area contributed by atoms with E-state index in [4.69, 9.17) is 18.0 Å². The summed E-state index contributed by atoms with van der Waals surface area (Å²) in [6.45, 7) is 3.67. The van der Waals surface area contributed by atoms with Crippen molar-refractivity contribution in [1.82, 2.24) is 0 Å². The van der Waals surface area contributed by atoms with Gasteiger partial charge in [-0.1, -0.05) is 36.8 Å². The minimum absolute atomic E-state index is 0.00730. The highest BCUT2D eigenvalue weighted by atomic mass is 32.2. The third-order valence-corrected chi connectivity index (χ3v) is 4.66. The van der Waals surface area contributed by atoms with Gasteiger partial charge in [0, 0.05) is 5.69 Å². The lowest BCUT2D eigenvalue weighted by Crippen LogP contribution is -2.37. The van der Waals surface area contributed by atoms with Crippen molar-refractivity contribution >= 4 is 32.9 Å². The smallest absolute Gasteiger partial charge is 0.242 e. The Hall–Kier alpha value is -1.14. The largest absolute Gasteiger partial charge is 0.392 e. The highest BCUT2D eigenvalue weighted by Crippen LogP contribution is 2.14. The van der Waals surface area contributed by atoms with Crippen molar-refractivity contribution in [3.63, 3.8) is 0 Å². The van der Waals surface area contributed by atoms with Crippen LogP contribution in [0.2, 0.25) is 0 Å². The molecule has 1 atom stereocenters. The van der Waals surface area contributed by atoms with Gasteiger partial charge in [-0.25, -0.2) is 8.42 Å². The molecule has 4 nitrogen and oxygen atoms in total. The van der Waals surface area contributed by atoms with E-state index in [0.717, 1.165) is 5.56 Å². The van der Waals surface area contributed by atoms with Crippen LogP contribution in [0, 0.1) is 6.92 Å². The Bertz CT molecular complexity index is 495. The Balaban J connectivity index is 2.93. The molecular formula is C11H16N2O2S2. The Morgan fingerprint density at radius 1 is 1.41 bits per heavy atom. The summed E-state index contributed by atoms with van der Waals surface area (Å²) in [5.41, 5.74) is 7.01. The molecule has 0 aliphatic rings. The van der Waals surface area contributed by atoms with E-state index in [1.165, 1.54) is 0 Å². The number of sulfonamides is 1. The first-order valence-corrected chi connectivity index (χ1v) is 7.20. The highest BCUT2D eigenvalue weighted by molar-refractivity contribution is 7.95. The van der Waals surface area contributed by atoms with Crippen molar-refractivity contribution in [3.05, 3.63) is 29.8 Å². The van der Waals surface area contributed by atoms with Crippen molar-refractivity contribution in [2.24, 2.45) is 5.73 Å². The number of thiocarbonyl (C=S) groups is 1. The second kappa shape index (κ2) is 5.46. The lowest BCUT2D eigenvalue weighted by atomic mass is 10.2. The average molecular weight is 272 g/mol. The Kier molecular flexibility index (Phi) is 4.47. The highest BCUT2D eigenvalue weighted by Gasteiger charge is 2.26. The van der Waals surface area contributed by atoms with Crippen molar-refractivity contribution in [3.8, 4) is 0 Å². The van der Waals surface area contributed by atoms with Gasteiger partial charge in [0.2, 0.25) is 10.0 Å². The number of nitrogens with one attached hydrogen (secondary N) is 1. The zero-order chi connectivity index (χ0) is 13.1. The summed E-state index contributed by atoms with van der Waals surface area (Å²) in [4.78, 5) is -0.00730. The molecule has 0 bridgehead atoms. The van der Waals surface area contributed by atoms with Crippen molar-refractivity contribution < 1.29 is 8.42 Å². The topological polar surface area (TPSA) is 72.2 Å². The van der Waals surface area contributed by atoms with Gasteiger partial charge >= 0.3 is 0 Å². The lowest BCUT2D eigenvalue weighted by Gasteiger charge is -2.16. The van der Waals surface area contributed by atoms with Gasteiger partial charge in [-0.3, -0.25) is 4.72 Å². The first kappa shape index (κ1) is 13.9. The lowest BCUT2D eigenvalue weighted by molar-refractivity contribution is 0.594. The minimum Gasteiger partial charge on any atom is -0.392 e. The van der Waals surface area contributed by atoms with Crippen LogP contribution in [0.5, 0.6) is 0 Å². The molecule has 17 heavy (non-hydrogen) atoms. The zero-order valence-electron chi connectivity index (χ0n) is 9.80. The molecule has 0 aliphatic heterocycles. The van der Waals surface area contributed by atoms with E-state index in [1.54, 1.807) is 19.1 Å². The van der Waals surface area contributed by atoms with Gasteiger partial charge in [0.25, 0.3) is 0 Å². The van der Waals surface area contributed by atoms with E-state index in [0.29, 0.717) is 12.1 Å². The molecule has 3 N–H and O–H groups in total. The molecule has 0 saturated heterocycles. The SMILES string of the molecule is CCC(C(N)=S)S(=O)(=O)Nc1ccc(C)cc1. The van der Waals surface area contributed by atoms with Gasteiger partial charge < -0.3 is 5.73 Å². The third kappa shape index (κ3) is 3.67. The van der Waals surface area contributed by atoms with Crippen LogP contribution in [0.3, 0.4) is 0 Å². The maximum atomic E-state index is 12.0. The summed E-state index contributed by atoms with van der Waals surface area (Å²) in [5.74, 6) is 0. The Labute approximate surface area is 107 Å². The summed E-state index contributed by atoms with van der Waals surface area (Å²) < 4.78 is 26.4. The number of rotatable bonds is 5. The number of hydrogen-bond donors (Lipinski definition) is 2. The summed E-state index contributed by atoms with van der Waals surface area (Å²) >= 11 is 4.76. The summed E-state index contributed by atoms with van der Waals surface area (Å²) in [6, 6.07) is 7.08. The number of anilines is 1. The van der Waals surface area contributed by atoms with Gasteiger partial charge in [0.15, 0.2) is 0 Å². The van der Waals surface area contributed by atoms with Gasteiger partial charge in [0.1, 0.15) is 5.25 Å². The van der Waals surface area contributed by atoms with Crippen LogP contribution in [0.25, 0.3) is 0 Å². The van der Waals surface area contributed by atoms with Gasteiger partial charge in [-0.15, -0.1) is 0 Å². The Morgan fingerprint density at radius 2 is 1.94 bits per heavy atom. The van der Waals surface area contributed by atoms with Crippen LogP contribution in [-0.4, -0.2) is 18.7 Å². The first-order valence-electron chi connectivity index (χ1n) is 5.24. The summed E-state index contributed by atoms with van der Waals surface area (Å²) in [6.07, 6.45) is 0.358. The number of aryl methyl sites for hydroxylation is 1. The normalized spacial score (nSPS) is 13.1. The standard InChI is InChI=1S/C11H16N2O2S2/c1-3-10(11(12)16)17(14,15)13-9-6-4-8(2)5-7-9/h4-7,10,13H,3H2,1-2H3,(H2,12,16). The molecule has 1 rings (SSSR count). The average Bonchev–Trinajstić information content (AvgIpc) is 2.21. The molecule has 0 saturated carbocycles. The van der Waals surface area contributed by atoms with E-state index >= 15 is 0 Å². The third-order valence-electron chi connectivity index (χ3n) is 2.37. The van der Waals surface area contributed by atoms with Crippen molar-refractivity contribution in [1.29, 1.82) is 0 Å². The fourth-order valence-electron chi connectivity index (χ4n) is 1.43. The molecular weight excluding hydrogens is 256 g/mol. The second-order valence-electron chi connectivity index (χ2n) is 3.81. The maximum Gasteiger partial charge on any atom is 0.242 e. The fourth-order valence-corrected chi connectivity index (χ4v) is 3.33. The summed E-state index contributed by atoms with van der Waals surface area (Å²) in [5, 5.41) is -0.834. The molecule has 0 radical (unpaired) electrons. The zero-order valence-corrected chi connectivity index (χ0v) is 11.4. The van der Waals surface area contributed by atoms with Crippen LogP contribution in [0.1, 0.15) is 18.9 Å². The molecule has 0 heterocycles. The molecule has 1 aromatic rings. The maximum absolute atomic E-state index is 12.0.